The number of nitrogens with zero attached hydrogens (tertiary/aromatic N) is 3. The molecule has 148 valence electrons. The normalized spacial score (nSPS) is 11.9. The summed E-state index contributed by atoms with van der Waals surface area (Å²) in [6.07, 6.45) is 6.33. The van der Waals surface area contributed by atoms with Gasteiger partial charge in [-0.15, -0.1) is 0 Å². The van der Waals surface area contributed by atoms with Crippen molar-refractivity contribution in [1.82, 2.24) is 14.9 Å². The lowest BCUT2D eigenvalue weighted by Crippen LogP contribution is -2.29. The van der Waals surface area contributed by atoms with Crippen molar-refractivity contribution in [1.29, 1.82) is 0 Å². The highest BCUT2D eigenvalue weighted by molar-refractivity contribution is 5.92. The van der Waals surface area contributed by atoms with Gasteiger partial charge in [-0.2, -0.15) is 0 Å². The minimum Gasteiger partial charge on any atom is -0.497 e. The number of nitrogens with one attached hydrogen (secondary N) is 1. The first-order valence-electron chi connectivity index (χ1n) is 8.82. The van der Waals surface area contributed by atoms with Crippen LogP contribution >= 0.6 is 0 Å². The molecular formula is C21H20N4O4. The summed E-state index contributed by atoms with van der Waals surface area (Å²) in [5.41, 5.74) is 1.34. The highest BCUT2D eigenvalue weighted by Crippen LogP contribution is 2.24. The predicted molar refractivity (Wildman–Crippen MR) is 108 cm³/mol. The molecule has 1 atom stereocenters. The molecule has 1 unspecified atom stereocenters. The Bertz CT molecular complexity index is 1060. The third kappa shape index (κ3) is 4.86. The van der Waals surface area contributed by atoms with Crippen molar-refractivity contribution >= 4 is 17.7 Å². The molecule has 1 aromatic heterocycles. The van der Waals surface area contributed by atoms with Crippen LogP contribution in [0.1, 0.15) is 23.0 Å². The molecule has 0 radical (unpaired) electrons. The van der Waals surface area contributed by atoms with Crippen LogP contribution in [-0.2, 0) is 11.8 Å². The maximum absolute atomic E-state index is 12.6. The number of benzene rings is 2. The average Bonchev–Trinajstić information content (AvgIpc) is 3.16. The van der Waals surface area contributed by atoms with Gasteiger partial charge in [0.05, 0.1) is 12.0 Å². The summed E-state index contributed by atoms with van der Waals surface area (Å²) in [5, 5.41) is 13.8. The van der Waals surface area contributed by atoms with Crippen LogP contribution in [0.25, 0.3) is 6.08 Å². The number of aromatic nitrogens is 2. The van der Waals surface area contributed by atoms with E-state index in [1.807, 2.05) is 35.9 Å². The van der Waals surface area contributed by atoms with Crippen LogP contribution in [0.15, 0.2) is 67.0 Å². The van der Waals surface area contributed by atoms with E-state index in [0.717, 1.165) is 5.56 Å². The molecule has 0 saturated heterocycles. The van der Waals surface area contributed by atoms with E-state index >= 15 is 0 Å². The number of nitro groups is 1. The van der Waals surface area contributed by atoms with Gasteiger partial charge in [-0.3, -0.25) is 14.9 Å². The lowest BCUT2D eigenvalue weighted by Gasteiger charge is -2.19. The maximum Gasteiger partial charge on any atom is 0.270 e. The Labute approximate surface area is 167 Å². The molecule has 1 amide bonds. The van der Waals surface area contributed by atoms with Gasteiger partial charge < -0.3 is 14.6 Å². The van der Waals surface area contributed by atoms with Gasteiger partial charge in [-0.05, 0) is 29.3 Å². The summed E-state index contributed by atoms with van der Waals surface area (Å²) in [4.78, 5) is 27.4. The fraction of sp³-hybridized carbons (Fsp3) is 0.143. The van der Waals surface area contributed by atoms with Crippen molar-refractivity contribution in [3.8, 4) is 5.75 Å². The zero-order chi connectivity index (χ0) is 20.8. The van der Waals surface area contributed by atoms with Gasteiger partial charge in [0, 0.05) is 37.7 Å². The average molecular weight is 392 g/mol. The van der Waals surface area contributed by atoms with Gasteiger partial charge in [-0.1, -0.05) is 24.3 Å². The van der Waals surface area contributed by atoms with Gasteiger partial charge in [0.2, 0.25) is 5.91 Å². The standard InChI is InChI=1S/C21H20N4O4/c1-24-12-11-22-21(24)20(16-6-4-8-18(14-16)29-2)23-19(26)10-9-15-5-3-7-17(13-15)25(27)28/h3-14,20H,1-2H3,(H,23,26)/b10-9+. The molecule has 0 aliphatic rings. The first kappa shape index (κ1) is 19.8. The summed E-state index contributed by atoms with van der Waals surface area (Å²) in [6.45, 7) is 0. The van der Waals surface area contributed by atoms with Crippen molar-refractivity contribution in [2.24, 2.45) is 7.05 Å². The quantitative estimate of drug-likeness (QED) is 0.378. The minimum absolute atomic E-state index is 0.0326. The fourth-order valence-corrected chi connectivity index (χ4v) is 2.88. The first-order valence-corrected chi connectivity index (χ1v) is 8.82. The molecule has 2 aromatic carbocycles. The molecule has 0 saturated carbocycles. The summed E-state index contributed by atoms with van der Waals surface area (Å²) >= 11 is 0. The molecule has 0 fully saturated rings. The number of carbonyl (C=O) groups excluding carboxylic acids is 1. The van der Waals surface area contributed by atoms with E-state index in [9.17, 15) is 14.9 Å². The number of methoxy groups -OCH3 is 1. The third-order valence-electron chi connectivity index (χ3n) is 4.34. The highest BCUT2D eigenvalue weighted by atomic mass is 16.6. The first-order chi connectivity index (χ1) is 14.0. The van der Waals surface area contributed by atoms with Crippen LogP contribution in [0.5, 0.6) is 5.75 Å². The fourth-order valence-electron chi connectivity index (χ4n) is 2.88. The predicted octanol–water partition coefficient (Wildman–Crippen LogP) is 3.26. The SMILES string of the molecule is COc1cccc(C(NC(=O)/C=C/c2cccc([N+](=O)[O-])c2)c2nccn2C)c1. The maximum atomic E-state index is 12.6. The summed E-state index contributed by atoms with van der Waals surface area (Å²) < 4.78 is 7.11. The van der Waals surface area contributed by atoms with E-state index in [1.165, 1.54) is 24.3 Å². The van der Waals surface area contributed by atoms with Crippen molar-refractivity contribution in [2.75, 3.05) is 7.11 Å². The van der Waals surface area contributed by atoms with E-state index in [-0.39, 0.29) is 11.6 Å². The van der Waals surface area contributed by atoms with Crippen molar-refractivity contribution in [2.45, 2.75) is 6.04 Å². The zero-order valence-electron chi connectivity index (χ0n) is 16.0. The summed E-state index contributed by atoms with van der Waals surface area (Å²) in [7, 11) is 3.43. The smallest absolute Gasteiger partial charge is 0.270 e. The van der Waals surface area contributed by atoms with E-state index < -0.39 is 11.0 Å². The van der Waals surface area contributed by atoms with Crippen molar-refractivity contribution in [3.63, 3.8) is 0 Å². The Kier molecular flexibility index (Phi) is 6.03. The van der Waals surface area contributed by atoms with E-state index in [0.29, 0.717) is 17.1 Å². The number of ether oxygens (including phenoxy) is 1. The monoisotopic (exact) mass is 392 g/mol. The number of rotatable bonds is 7. The van der Waals surface area contributed by atoms with E-state index in [4.69, 9.17) is 4.74 Å². The van der Waals surface area contributed by atoms with Gasteiger partial charge >= 0.3 is 0 Å². The lowest BCUT2D eigenvalue weighted by molar-refractivity contribution is -0.384. The van der Waals surface area contributed by atoms with Crippen molar-refractivity contribution in [3.05, 3.63) is 94.1 Å². The largest absolute Gasteiger partial charge is 0.497 e. The molecular weight excluding hydrogens is 372 g/mol. The topological polar surface area (TPSA) is 99.3 Å². The van der Waals surface area contributed by atoms with Crippen LogP contribution in [0.4, 0.5) is 5.69 Å². The van der Waals surface area contributed by atoms with E-state index in [2.05, 4.69) is 10.3 Å². The molecule has 3 rings (SSSR count). The van der Waals surface area contributed by atoms with Gasteiger partial charge in [0.1, 0.15) is 17.6 Å². The summed E-state index contributed by atoms with van der Waals surface area (Å²) in [6, 6.07) is 13.0. The molecule has 8 nitrogen and oxygen atoms in total. The number of hydrogen-bond donors (Lipinski definition) is 1. The second kappa shape index (κ2) is 8.83. The van der Waals surface area contributed by atoms with Crippen LogP contribution in [-0.4, -0.2) is 27.5 Å². The molecule has 0 spiro atoms. The minimum atomic E-state index is -0.493. The Hall–Kier alpha value is -3.94. The number of non-ortho nitro benzene ring substituents is 1. The number of imidazole rings is 1. The van der Waals surface area contributed by atoms with Gasteiger partial charge in [0.25, 0.3) is 5.69 Å². The Morgan fingerprint density at radius 1 is 1.28 bits per heavy atom. The molecule has 1 N–H and O–H groups in total. The molecule has 0 aliphatic heterocycles. The van der Waals surface area contributed by atoms with Crippen LogP contribution < -0.4 is 10.1 Å². The molecule has 0 bridgehead atoms. The Balaban J connectivity index is 1.84. The highest BCUT2D eigenvalue weighted by Gasteiger charge is 2.20. The number of nitro benzene ring substituents is 1. The lowest BCUT2D eigenvalue weighted by atomic mass is 10.1. The molecule has 3 aromatic rings. The van der Waals surface area contributed by atoms with Gasteiger partial charge in [-0.25, -0.2) is 4.98 Å². The molecule has 8 heteroatoms. The van der Waals surface area contributed by atoms with Crippen LogP contribution in [0, 0.1) is 10.1 Å². The second-order valence-corrected chi connectivity index (χ2v) is 6.30. The zero-order valence-corrected chi connectivity index (χ0v) is 16.0. The molecule has 29 heavy (non-hydrogen) atoms. The Morgan fingerprint density at radius 3 is 2.76 bits per heavy atom. The van der Waals surface area contributed by atoms with Crippen molar-refractivity contribution < 1.29 is 14.5 Å². The Morgan fingerprint density at radius 2 is 2.07 bits per heavy atom. The number of carbonyl (C=O) groups is 1. The van der Waals surface area contributed by atoms with Crippen LogP contribution in [0.2, 0.25) is 0 Å². The number of amides is 1. The third-order valence-corrected chi connectivity index (χ3v) is 4.34. The number of hydrogen-bond acceptors (Lipinski definition) is 5. The van der Waals surface area contributed by atoms with E-state index in [1.54, 1.807) is 31.6 Å². The second-order valence-electron chi connectivity index (χ2n) is 6.30. The van der Waals surface area contributed by atoms with Gasteiger partial charge in [0.15, 0.2) is 0 Å². The summed E-state index contributed by atoms with van der Waals surface area (Å²) in [5.74, 6) is 0.978. The number of aryl methyl sites for hydroxylation is 1. The molecule has 1 heterocycles. The van der Waals surface area contributed by atoms with Crippen LogP contribution in [0.3, 0.4) is 0 Å². The molecule has 0 aliphatic carbocycles.